The molecule has 10 nitrogen and oxygen atoms in total. The zero-order chi connectivity index (χ0) is 25.0. The Hall–Kier alpha value is -3.90. The molecule has 0 radical (unpaired) electrons. The number of anilines is 1. The number of ether oxygens (including phenoxy) is 3. The van der Waals surface area contributed by atoms with Crippen molar-refractivity contribution < 1.29 is 37.0 Å². The average Bonchev–Trinajstić information content (AvgIpc) is 3.22. The van der Waals surface area contributed by atoms with Gasteiger partial charge in [0.2, 0.25) is 0 Å². The van der Waals surface area contributed by atoms with Gasteiger partial charge in [-0.1, -0.05) is 0 Å². The maximum atomic E-state index is 12.9. The van der Waals surface area contributed by atoms with E-state index in [9.17, 15) is 22.8 Å². The van der Waals surface area contributed by atoms with Gasteiger partial charge in [0.1, 0.15) is 11.5 Å². The van der Waals surface area contributed by atoms with Gasteiger partial charge in [-0.3, -0.25) is 9.59 Å². The molecule has 0 aliphatic rings. The number of carbonyl (C=O) groups excluding carboxylic acids is 2. The topological polar surface area (TPSA) is 117 Å². The van der Waals surface area contributed by atoms with Crippen LogP contribution in [0.25, 0.3) is 5.78 Å². The Kier molecular flexibility index (Phi) is 7.23. The van der Waals surface area contributed by atoms with E-state index in [0.29, 0.717) is 34.1 Å². The van der Waals surface area contributed by atoms with Crippen LogP contribution in [0.4, 0.5) is 18.9 Å². The van der Waals surface area contributed by atoms with Crippen molar-refractivity contribution in [2.75, 3.05) is 26.1 Å². The summed E-state index contributed by atoms with van der Waals surface area (Å²) < 4.78 is 55.0. The Labute approximate surface area is 192 Å². The smallest absolute Gasteiger partial charge is 0.453 e. The van der Waals surface area contributed by atoms with Gasteiger partial charge < -0.3 is 19.5 Å². The maximum Gasteiger partial charge on any atom is 0.453 e. The fourth-order valence-electron chi connectivity index (χ4n) is 3.22. The van der Waals surface area contributed by atoms with E-state index in [4.69, 9.17) is 14.2 Å². The number of carbonyl (C=O) groups is 2. The highest BCUT2D eigenvalue weighted by atomic mass is 19.4. The van der Waals surface area contributed by atoms with Gasteiger partial charge in [0.25, 0.3) is 17.5 Å². The summed E-state index contributed by atoms with van der Waals surface area (Å²) in [6.45, 7) is 2.64. The maximum absolute atomic E-state index is 12.9. The van der Waals surface area contributed by atoms with E-state index in [0.717, 1.165) is 4.52 Å². The summed E-state index contributed by atoms with van der Waals surface area (Å²) in [6.07, 6.45) is -4.68. The first-order valence-corrected chi connectivity index (χ1v) is 10.0. The molecule has 0 bridgehead atoms. The lowest BCUT2D eigenvalue weighted by atomic mass is 10.1. The van der Waals surface area contributed by atoms with Crippen LogP contribution in [-0.4, -0.2) is 52.3 Å². The number of methoxy groups -OCH3 is 2. The predicted molar refractivity (Wildman–Crippen MR) is 113 cm³/mol. The van der Waals surface area contributed by atoms with E-state index >= 15 is 0 Å². The number of esters is 1. The monoisotopic (exact) mass is 481 g/mol. The molecule has 0 atom stereocenters. The number of hydrogen-bond donors (Lipinski definition) is 1. The number of benzene rings is 1. The summed E-state index contributed by atoms with van der Waals surface area (Å²) >= 11 is 0. The van der Waals surface area contributed by atoms with Gasteiger partial charge in [-0.05, 0) is 38.0 Å². The normalized spacial score (nSPS) is 11.4. The summed E-state index contributed by atoms with van der Waals surface area (Å²) in [4.78, 5) is 31.8. The number of hydrogen-bond acceptors (Lipinski definition) is 8. The number of alkyl halides is 3. The van der Waals surface area contributed by atoms with Gasteiger partial charge in [-0.15, -0.1) is 5.10 Å². The van der Waals surface area contributed by atoms with Crippen LogP contribution in [0.3, 0.4) is 0 Å². The molecule has 3 aromatic rings. The van der Waals surface area contributed by atoms with Crippen LogP contribution in [0.15, 0.2) is 18.2 Å². The number of amides is 1. The summed E-state index contributed by atoms with van der Waals surface area (Å²) in [5, 5.41) is 6.05. The van der Waals surface area contributed by atoms with Crippen molar-refractivity contribution in [2.45, 2.75) is 32.9 Å². The lowest BCUT2D eigenvalue weighted by Gasteiger charge is -2.12. The minimum atomic E-state index is -4.70. The SMILES string of the molecule is COc1ccc(NC(=O)COC(=O)CCc2c(C)nc3nc(C(F)(F)F)nn3c2C)c(OC)c1. The molecule has 0 aliphatic carbocycles. The Morgan fingerprint density at radius 1 is 1.12 bits per heavy atom. The van der Waals surface area contributed by atoms with Crippen molar-refractivity contribution in [2.24, 2.45) is 0 Å². The van der Waals surface area contributed by atoms with Crippen molar-refractivity contribution in [3.05, 3.63) is 41.0 Å². The lowest BCUT2D eigenvalue weighted by molar-refractivity contribution is -0.147. The Morgan fingerprint density at radius 2 is 1.85 bits per heavy atom. The Balaban J connectivity index is 1.59. The second-order valence-corrected chi connectivity index (χ2v) is 7.18. The minimum absolute atomic E-state index is 0.116. The fourth-order valence-corrected chi connectivity index (χ4v) is 3.22. The molecule has 0 saturated carbocycles. The third-order valence-corrected chi connectivity index (χ3v) is 4.93. The van der Waals surface area contributed by atoms with E-state index in [1.54, 1.807) is 32.0 Å². The van der Waals surface area contributed by atoms with Gasteiger partial charge in [0.15, 0.2) is 6.61 Å². The van der Waals surface area contributed by atoms with Crippen molar-refractivity contribution in [1.29, 1.82) is 0 Å². The lowest BCUT2D eigenvalue weighted by Crippen LogP contribution is -2.21. The second-order valence-electron chi connectivity index (χ2n) is 7.18. The molecule has 0 spiro atoms. The molecule has 3 rings (SSSR count). The molecule has 2 aromatic heterocycles. The van der Waals surface area contributed by atoms with E-state index < -0.39 is 30.5 Å². The van der Waals surface area contributed by atoms with Crippen LogP contribution in [-0.2, 0) is 26.9 Å². The Morgan fingerprint density at radius 3 is 2.50 bits per heavy atom. The van der Waals surface area contributed by atoms with E-state index in [-0.39, 0.29) is 18.6 Å². The van der Waals surface area contributed by atoms with Crippen LogP contribution < -0.4 is 14.8 Å². The molecule has 182 valence electrons. The molecule has 0 aliphatic heterocycles. The first-order valence-electron chi connectivity index (χ1n) is 10.0. The van der Waals surface area contributed by atoms with E-state index in [2.05, 4.69) is 20.4 Å². The van der Waals surface area contributed by atoms with Gasteiger partial charge in [0.05, 0.1) is 19.9 Å². The predicted octanol–water partition coefficient (Wildman–Crippen LogP) is 2.89. The molecule has 1 amide bonds. The molecular weight excluding hydrogens is 459 g/mol. The number of aromatic nitrogens is 4. The van der Waals surface area contributed by atoms with Gasteiger partial charge >= 0.3 is 12.1 Å². The summed E-state index contributed by atoms with van der Waals surface area (Å²) in [6, 6.07) is 4.80. The van der Waals surface area contributed by atoms with Crippen molar-refractivity contribution in [1.82, 2.24) is 19.6 Å². The number of rotatable bonds is 8. The van der Waals surface area contributed by atoms with Crippen LogP contribution >= 0.6 is 0 Å². The zero-order valence-corrected chi connectivity index (χ0v) is 18.8. The third kappa shape index (κ3) is 5.53. The Bertz CT molecular complexity index is 1230. The molecule has 1 N–H and O–H groups in total. The number of aryl methyl sites for hydroxylation is 2. The molecular formula is C21H22F3N5O5. The molecule has 13 heteroatoms. The molecule has 1 aromatic carbocycles. The summed E-state index contributed by atoms with van der Waals surface area (Å²) in [5.41, 5.74) is 1.71. The third-order valence-electron chi connectivity index (χ3n) is 4.93. The number of halogens is 3. The quantitative estimate of drug-likeness (QED) is 0.488. The average molecular weight is 481 g/mol. The molecule has 0 saturated heterocycles. The molecule has 0 fully saturated rings. The van der Waals surface area contributed by atoms with Crippen molar-refractivity contribution >= 4 is 23.3 Å². The highest BCUT2D eigenvalue weighted by Gasteiger charge is 2.37. The highest BCUT2D eigenvalue weighted by Crippen LogP contribution is 2.29. The number of fused-ring (bicyclic) bond motifs is 1. The van der Waals surface area contributed by atoms with Gasteiger partial charge in [-0.2, -0.15) is 18.2 Å². The zero-order valence-electron chi connectivity index (χ0n) is 18.8. The highest BCUT2D eigenvalue weighted by molar-refractivity contribution is 5.94. The largest absolute Gasteiger partial charge is 0.497 e. The number of nitrogens with zero attached hydrogens (tertiary/aromatic N) is 4. The number of nitrogens with one attached hydrogen (secondary N) is 1. The first kappa shape index (κ1) is 24.7. The van der Waals surface area contributed by atoms with Crippen molar-refractivity contribution in [3.63, 3.8) is 0 Å². The molecule has 34 heavy (non-hydrogen) atoms. The van der Waals surface area contributed by atoms with Gasteiger partial charge in [-0.25, -0.2) is 9.50 Å². The molecule has 0 unspecified atom stereocenters. The van der Waals surface area contributed by atoms with Gasteiger partial charge in [0, 0.05) is 23.9 Å². The second kappa shape index (κ2) is 9.93. The minimum Gasteiger partial charge on any atom is -0.497 e. The van der Waals surface area contributed by atoms with Crippen LogP contribution in [0.2, 0.25) is 0 Å². The van der Waals surface area contributed by atoms with E-state index in [1.807, 2.05) is 0 Å². The van der Waals surface area contributed by atoms with Crippen molar-refractivity contribution in [3.8, 4) is 11.5 Å². The van der Waals surface area contributed by atoms with E-state index in [1.165, 1.54) is 14.2 Å². The van der Waals surface area contributed by atoms with Crippen LogP contribution in [0, 0.1) is 13.8 Å². The first-order chi connectivity index (χ1) is 16.0. The standard InChI is InChI=1S/C21H22F3N5O5/c1-11-14(12(2)29-20(25-11)27-19(28-29)21(22,23)24)6-8-18(31)34-10-17(30)26-15-7-5-13(32-3)9-16(15)33-4/h5,7,9H,6,8,10H2,1-4H3,(H,26,30). The fraction of sp³-hybridized carbons (Fsp3) is 0.381. The molecule has 2 heterocycles. The van der Waals surface area contributed by atoms with Crippen LogP contribution in [0.1, 0.15) is 29.2 Å². The summed E-state index contributed by atoms with van der Waals surface area (Å²) in [5.74, 6) is -1.80. The van der Waals surface area contributed by atoms with Crippen LogP contribution in [0.5, 0.6) is 11.5 Å². The summed E-state index contributed by atoms with van der Waals surface area (Å²) in [7, 11) is 2.93.